The van der Waals surface area contributed by atoms with Crippen LogP contribution >= 0.6 is 0 Å². The first-order chi connectivity index (χ1) is 9.38. The molecule has 1 aliphatic heterocycles. The van der Waals surface area contributed by atoms with Gasteiger partial charge in [0, 0.05) is 31.4 Å². The Kier molecular flexibility index (Phi) is 6.31. The molecule has 1 saturated heterocycles. The molecule has 2 heterocycles. The second kappa shape index (κ2) is 8.28. The van der Waals surface area contributed by atoms with E-state index in [0.29, 0.717) is 0 Å². The topological polar surface area (TPSA) is 28.2 Å². The highest BCUT2D eigenvalue weighted by Crippen LogP contribution is 2.12. The molecule has 0 spiro atoms. The summed E-state index contributed by atoms with van der Waals surface area (Å²) < 4.78 is 0. The first-order valence-electron chi connectivity index (χ1n) is 7.71. The monoisotopic (exact) mass is 261 g/mol. The fourth-order valence-corrected chi connectivity index (χ4v) is 2.87. The molecule has 0 bridgehead atoms. The van der Waals surface area contributed by atoms with Crippen LogP contribution in [0.2, 0.25) is 0 Å². The Morgan fingerprint density at radius 2 is 2.32 bits per heavy atom. The fraction of sp³-hybridized carbons (Fsp3) is 0.688. The number of aromatic nitrogens is 1. The van der Waals surface area contributed by atoms with Crippen molar-refractivity contribution < 1.29 is 0 Å². The molecule has 1 atom stereocenters. The van der Waals surface area contributed by atoms with Crippen molar-refractivity contribution in [2.75, 3.05) is 32.7 Å². The Balaban J connectivity index is 1.78. The Labute approximate surface area is 117 Å². The van der Waals surface area contributed by atoms with Crippen molar-refractivity contribution in [2.24, 2.45) is 5.92 Å². The second-order valence-corrected chi connectivity index (χ2v) is 5.58. The maximum atomic E-state index is 4.42. The van der Waals surface area contributed by atoms with Crippen molar-refractivity contribution in [3.63, 3.8) is 0 Å². The molecule has 0 saturated carbocycles. The molecule has 1 aromatic heterocycles. The van der Waals surface area contributed by atoms with E-state index in [1.807, 2.05) is 12.3 Å². The molecule has 19 heavy (non-hydrogen) atoms. The van der Waals surface area contributed by atoms with Gasteiger partial charge >= 0.3 is 0 Å². The Morgan fingerprint density at radius 3 is 3.00 bits per heavy atom. The standard InChI is InChI=1S/C16H27N3/c1-2-11-19(14-15-6-5-9-17-13-15)12-8-16-7-3-4-10-18-16/h3-4,7,10,15,17H,2,5-6,8-9,11-14H2,1H3. The molecule has 106 valence electrons. The molecule has 0 aromatic carbocycles. The molecule has 0 radical (unpaired) electrons. The summed E-state index contributed by atoms with van der Waals surface area (Å²) in [6.45, 7) is 8.27. The number of piperidine rings is 1. The highest BCUT2D eigenvalue weighted by Gasteiger charge is 2.16. The lowest BCUT2D eigenvalue weighted by molar-refractivity contribution is 0.209. The summed E-state index contributed by atoms with van der Waals surface area (Å²) >= 11 is 0. The minimum atomic E-state index is 0.837. The Morgan fingerprint density at radius 1 is 1.37 bits per heavy atom. The maximum Gasteiger partial charge on any atom is 0.0416 e. The third-order valence-electron chi connectivity index (χ3n) is 3.87. The van der Waals surface area contributed by atoms with Crippen molar-refractivity contribution in [3.05, 3.63) is 30.1 Å². The Bertz CT molecular complexity index is 333. The van der Waals surface area contributed by atoms with Gasteiger partial charge in [0.1, 0.15) is 0 Å². The van der Waals surface area contributed by atoms with Gasteiger partial charge in [-0.25, -0.2) is 0 Å². The van der Waals surface area contributed by atoms with E-state index in [0.717, 1.165) is 18.9 Å². The average molecular weight is 261 g/mol. The SMILES string of the molecule is CCCN(CCc1ccccn1)CC1CCCNC1. The zero-order valence-corrected chi connectivity index (χ0v) is 12.1. The maximum absolute atomic E-state index is 4.42. The highest BCUT2D eigenvalue weighted by atomic mass is 15.1. The lowest BCUT2D eigenvalue weighted by Crippen LogP contribution is -2.39. The molecule has 0 aliphatic carbocycles. The van der Waals surface area contributed by atoms with Crippen molar-refractivity contribution >= 4 is 0 Å². The van der Waals surface area contributed by atoms with Gasteiger partial charge in [-0.15, -0.1) is 0 Å². The van der Waals surface area contributed by atoms with Crippen LogP contribution in [0.1, 0.15) is 31.9 Å². The molecular formula is C16H27N3. The molecule has 1 aliphatic rings. The zero-order chi connectivity index (χ0) is 13.3. The van der Waals surface area contributed by atoms with Gasteiger partial charge in [0.15, 0.2) is 0 Å². The quantitative estimate of drug-likeness (QED) is 0.816. The van der Waals surface area contributed by atoms with E-state index in [1.54, 1.807) is 0 Å². The minimum absolute atomic E-state index is 0.837. The van der Waals surface area contributed by atoms with Crippen molar-refractivity contribution in [1.82, 2.24) is 15.2 Å². The summed E-state index contributed by atoms with van der Waals surface area (Å²) in [4.78, 5) is 7.04. The van der Waals surface area contributed by atoms with Gasteiger partial charge < -0.3 is 10.2 Å². The molecular weight excluding hydrogens is 234 g/mol. The molecule has 1 aromatic rings. The normalized spacial score (nSPS) is 19.8. The summed E-state index contributed by atoms with van der Waals surface area (Å²) in [6, 6.07) is 6.20. The van der Waals surface area contributed by atoms with Crippen LogP contribution in [0.25, 0.3) is 0 Å². The Hall–Kier alpha value is -0.930. The smallest absolute Gasteiger partial charge is 0.0416 e. The molecule has 1 unspecified atom stereocenters. The van der Waals surface area contributed by atoms with Crippen LogP contribution in [-0.2, 0) is 6.42 Å². The van der Waals surface area contributed by atoms with Crippen LogP contribution in [0.15, 0.2) is 24.4 Å². The first-order valence-corrected chi connectivity index (χ1v) is 7.71. The van der Waals surface area contributed by atoms with Gasteiger partial charge in [0.2, 0.25) is 0 Å². The van der Waals surface area contributed by atoms with Gasteiger partial charge in [-0.2, -0.15) is 0 Å². The van der Waals surface area contributed by atoms with Gasteiger partial charge in [0.05, 0.1) is 0 Å². The van der Waals surface area contributed by atoms with Crippen LogP contribution in [0.4, 0.5) is 0 Å². The summed E-state index contributed by atoms with van der Waals surface area (Å²) in [7, 11) is 0. The third kappa shape index (κ3) is 5.29. The minimum Gasteiger partial charge on any atom is -0.316 e. The second-order valence-electron chi connectivity index (χ2n) is 5.58. The number of rotatable bonds is 7. The van der Waals surface area contributed by atoms with E-state index < -0.39 is 0 Å². The van der Waals surface area contributed by atoms with E-state index in [9.17, 15) is 0 Å². The lowest BCUT2D eigenvalue weighted by atomic mass is 9.99. The summed E-state index contributed by atoms with van der Waals surface area (Å²) in [5, 5.41) is 3.52. The van der Waals surface area contributed by atoms with Crippen LogP contribution in [0, 0.1) is 5.92 Å². The van der Waals surface area contributed by atoms with Gasteiger partial charge in [0.25, 0.3) is 0 Å². The number of pyridine rings is 1. The summed E-state index contributed by atoms with van der Waals surface area (Å²) in [6.07, 6.45) is 6.93. The highest BCUT2D eigenvalue weighted by molar-refractivity contribution is 5.03. The fourth-order valence-electron chi connectivity index (χ4n) is 2.87. The number of hydrogen-bond acceptors (Lipinski definition) is 3. The molecule has 3 nitrogen and oxygen atoms in total. The molecule has 0 amide bonds. The first kappa shape index (κ1) is 14.5. The van der Waals surface area contributed by atoms with Crippen LogP contribution < -0.4 is 5.32 Å². The molecule has 2 rings (SSSR count). The number of nitrogens with one attached hydrogen (secondary N) is 1. The summed E-state index contributed by atoms with van der Waals surface area (Å²) in [5.41, 5.74) is 1.21. The lowest BCUT2D eigenvalue weighted by Gasteiger charge is -2.30. The predicted octanol–water partition coefficient (Wildman–Crippen LogP) is 2.34. The van der Waals surface area contributed by atoms with Crippen LogP contribution in [0.5, 0.6) is 0 Å². The predicted molar refractivity (Wildman–Crippen MR) is 80.3 cm³/mol. The zero-order valence-electron chi connectivity index (χ0n) is 12.1. The van der Waals surface area contributed by atoms with E-state index in [1.165, 1.54) is 51.1 Å². The van der Waals surface area contributed by atoms with Crippen LogP contribution in [-0.4, -0.2) is 42.6 Å². The van der Waals surface area contributed by atoms with Crippen molar-refractivity contribution in [2.45, 2.75) is 32.6 Å². The average Bonchev–Trinajstić information content (AvgIpc) is 2.47. The van der Waals surface area contributed by atoms with Crippen LogP contribution in [0.3, 0.4) is 0 Å². The van der Waals surface area contributed by atoms with Gasteiger partial charge in [-0.3, -0.25) is 4.98 Å². The number of hydrogen-bond donors (Lipinski definition) is 1. The van der Waals surface area contributed by atoms with Crippen molar-refractivity contribution in [3.8, 4) is 0 Å². The third-order valence-corrected chi connectivity index (χ3v) is 3.87. The van der Waals surface area contributed by atoms with Gasteiger partial charge in [-0.1, -0.05) is 13.0 Å². The molecule has 3 heteroatoms. The van der Waals surface area contributed by atoms with Crippen molar-refractivity contribution in [1.29, 1.82) is 0 Å². The van der Waals surface area contributed by atoms with E-state index in [2.05, 4.69) is 34.3 Å². The van der Waals surface area contributed by atoms with E-state index >= 15 is 0 Å². The summed E-state index contributed by atoms with van der Waals surface area (Å²) in [5.74, 6) is 0.837. The molecule has 1 fully saturated rings. The largest absolute Gasteiger partial charge is 0.316 e. The van der Waals surface area contributed by atoms with E-state index in [-0.39, 0.29) is 0 Å². The van der Waals surface area contributed by atoms with Gasteiger partial charge in [-0.05, 0) is 56.9 Å². The number of nitrogens with zero attached hydrogens (tertiary/aromatic N) is 2. The molecule has 1 N–H and O–H groups in total. The van der Waals surface area contributed by atoms with E-state index in [4.69, 9.17) is 0 Å².